The number of hydrogen-bond acceptors (Lipinski definition) is 8. The number of aliphatic hydroxyl groups is 3. The Bertz CT molecular complexity index is 811. The summed E-state index contributed by atoms with van der Waals surface area (Å²) < 4.78 is 16.3. The van der Waals surface area contributed by atoms with E-state index in [-0.39, 0.29) is 19.1 Å². The predicted octanol–water partition coefficient (Wildman–Crippen LogP) is 0.284. The zero-order chi connectivity index (χ0) is 21.0. The van der Waals surface area contributed by atoms with E-state index in [9.17, 15) is 24.9 Å². The molecule has 3 N–H and O–H groups in total. The number of fused-ring (bicyclic) bond motifs is 1. The van der Waals surface area contributed by atoms with Gasteiger partial charge in [-0.2, -0.15) is 0 Å². The smallest absolute Gasteiger partial charge is 0.315 e. The molecule has 4 aliphatic carbocycles. The fourth-order valence-electron chi connectivity index (χ4n) is 7.90. The van der Waals surface area contributed by atoms with E-state index >= 15 is 0 Å². The van der Waals surface area contributed by atoms with Gasteiger partial charge in [-0.3, -0.25) is 9.59 Å². The van der Waals surface area contributed by atoms with Crippen molar-refractivity contribution in [3.63, 3.8) is 0 Å². The van der Waals surface area contributed by atoms with E-state index in [1.54, 1.807) is 6.92 Å². The monoisotopic (exact) mass is 408 g/mol. The van der Waals surface area contributed by atoms with Gasteiger partial charge in [-0.1, -0.05) is 6.58 Å². The number of hydrogen-bond donors (Lipinski definition) is 3. The molecule has 1 heterocycles. The van der Waals surface area contributed by atoms with Gasteiger partial charge in [0.2, 0.25) is 0 Å². The van der Waals surface area contributed by atoms with E-state index in [1.807, 2.05) is 0 Å². The van der Waals surface area contributed by atoms with Crippen LogP contribution < -0.4 is 0 Å². The van der Waals surface area contributed by atoms with Crippen LogP contribution in [0.25, 0.3) is 0 Å². The lowest BCUT2D eigenvalue weighted by Gasteiger charge is -2.47. The SMILES string of the molecule is C=C1C[C@]23C[C@@]1(O)CC[C@H]2[C@@]12C[C@H](O)[C@H](O)[C@@](C)(C(=O)O1)[C@H]2[C@@H]3C(=O)OCOC. The van der Waals surface area contributed by atoms with Gasteiger partial charge < -0.3 is 29.5 Å². The summed E-state index contributed by atoms with van der Waals surface area (Å²) in [5.41, 5.74) is -3.55. The number of rotatable bonds is 3. The van der Waals surface area contributed by atoms with Crippen molar-refractivity contribution >= 4 is 11.9 Å². The zero-order valence-electron chi connectivity index (χ0n) is 16.7. The molecule has 9 atom stereocenters. The molecule has 5 fully saturated rings. The van der Waals surface area contributed by atoms with E-state index in [0.29, 0.717) is 31.3 Å². The molecule has 0 amide bonds. The van der Waals surface area contributed by atoms with Crippen LogP contribution in [-0.2, 0) is 23.8 Å². The van der Waals surface area contributed by atoms with Gasteiger partial charge in [-0.05, 0) is 43.6 Å². The Morgan fingerprint density at radius 1 is 1.38 bits per heavy atom. The maximum Gasteiger partial charge on any atom is 0.315 e. The quantitative estimate of drug-likeness (QED) is 0.346. The molecule has 1 spiro atoms. The van der Waals surface area contributed by atoms with Gasteiger partial charge in [0.25, 0.3) is 0 Å². The van der Waals surface area contributed by atoms with Crippen LogP contribution >= 0.6 is 0 Å². The second kappa shape index (κ2) is 5.60. The van der Waals surface area contributed by atoms with Crippen LogP contribution in [0.4, 0.5) is 0 Å². The average molecular weight is 408 g/mol. The molecule has 4 bridgehead atoms. The molecule has 5 aliphatic rings. The van der Waals surface area contributed by atoms with E-state index in [4.69, 9.17) is 14.2 Å². The lowest BCUT2D eigenvalue weighted by atomic mass is 9.58. The van der Waals surface area contributed by atoms with Crippen molar-refractivity contribution in [2.24, 2.45) is 28.6 Å². The summed E-state index contributed by atoms with van der Waals surface area (Å²) >= 11 is 0. The Hall–Kier alpha value is -1.48. The van der Waals surface area contributed by atoms with Crippen LogP contribution in [0.15, 0.2) is 12.2 Å². The summed E-state index contributed by atoms with van der Waals surface area (Å²) in [6, 6.07) is 0. The van der Waals surface area contributed by atoms with Crippen molar-refractivity contribution in [1.82, 2.24) is 0 Å². The highest BCUT2D eigenvalue weighted by Gasteiger charge is 2.85. The van der Waals surface area contributed by atoms with E-state index < -0.39 is 58.0 Å². The van der Waals surface area contributed by atoms with Crippen molar-refractivity contribution in [3.05, 3.63) is 12.2 Å². The normalized spacial score (nSPS) is 54.7. The van der Waals surface area contributed by atoms with Crippen molar-refractivity contribution < 1.29 is 39.1 Å². The summed E-state index contributed by atoms with van der Waals surface area (Å²) in [6.45, 7) is 5.44. The highest BCUT2D eigenvalue weighted by atomic mass is 16.7. The highest BCUT2D eigenvalue weighted by molar-refractivity contribution is 5.86. The van der Waals surface area contributed by atoms with Crippen LogP contribution in [0.3, 0.4) is 0 Å². The molecule has 1 aliphatic heterocycles. The van der Waals surface area contributed by atoms with Gasteiger partial charge >= 0.3 is 11.9 Å². The van der Waals surface area contributed by atoms with Crippen LogP contribution in [0.2, 0.25) is 0 Å². The van der Waals surface area contributed by atoms with Crippen molar-refractivity contribution in [1.29, 1.82) is 0 Å². The molecule has 0 radical (unpaired) electrons. The van der Waals surface area contributed by atoms with Crippen LogP contribution in [-0.4, -0.2) is 64.6 Å². The molecule has 0 unspecified atom stereocenters. The molecule has 0 aromatic rings. The number of methoxy groups -OCH3 is 1. The number of aliphatic hydroxyl groups excluding tert-OH is 2. The highest BCUT2D eigenvalue weighted by Crippen LogP contribution is 2.78. The molecule has 8 heteroatoms. The van der Waals surface area contributed by atoms with Gasteiger partial charge in [-0.15, -0.1) is 0 Å². The minimum Gasteiger partial charge on any atom is -0.458 e. The first-order valence-corrected chi connectivity index (χ1v) is 10.2. The molecule has 0 aromatic carbocycles. The number of carbonyl (C=O) groups is 2. The third-order valence-electron chi connectivity index (χ3n) is 8.88. The lowest BCUT2D eigenvalue weighted by molar-refractivity contribution is -0.175. The molecule has 4 saturated carbocycles. The van der Waals surface area contributed by atoms with Crippen molar-refractivity contribution in [3.8, 4) is 0 Å². The first-order valence-electron chi connectivity index (χ1n) is 10.2. The Balaban J connectivity index is 1.71. The first kappa shape index (κ1) is 19.5. The number of esters is 2. The Morgan fingerprint density at radius 3 is 2.79 bits per heavy atom. The average Bonchev–Trinajstić information content (AvgIpc) is 3.08. The molecule has 5 rings (SSSR count). The largest absolute Gasteiger partial charge is 0.458 e. The van der Waals surface area contributed by atoms with E-state index in [1.165, 1.54) is 7.11 Å². The Kier molecular flexibility index (Phi) is 3.76. The zero-order valence-corrected chi connectivity index (χ0v) is 16.7. The first-order chi connectivity index (χ1) is 13.6. The van der Waals surface area contributed by atoms with Gasteiger partial charge in [0.15, 0.2) is 6.79 Å². The topological polar surface area (TPSA) is 123 Å². The van der Waals surface area contributed by atoms with Crippen LogP contribution in [0, 0.1) is 28.6 Å². The maximum atomic E-state index is 13.3. The van der Waals surface area contributed by atoms with Crippen molar-refractivity contribution in [2.75, 3.05) is 13.9 Å². The lowest BCUT2D eigenvalue weighted by Crippen LogP contribution is -2.59. The molecular formula is C21H28O8. The van der Waals surface area contributed by atoms with Gasteiger partial charge in [0.05, 0.1) is 23.7 Å². The third-order valence-corrected chi connectivity index (χ3v) is 8.88. The van der Waals surface area contributed by atoms with Crippen LogP contribution in [0.1, 0.15) is 39.0 Å². The molecule has 29 heavy (non-hydrogen) atoms. The molecule has 160 valence electrons. The summed E-state index contributed by atoms with van der Waals surface area (Å²) in [7, 11) is 1.42. The minimum absolute atomic E-state index is 0.0749. The number of carbonyl (C=O) groups excluding carboxylic acids is 2. The Labute approximate surface area is 168 Å². The van der Waals surface area contributed by atoms with Gasteiger partial charge in [0.1, 0.15) is 11.0 Å². The standard InChI is InChI=1S/C21H28O8/c1-10-6-19-8-20(10,26)5-4-12(19)21-7-11(22)15(23)18(2,17(25)29-21)14(21)13(19)16(24)28-9-27-3/h11-15,22-23,26H,1,4-9H2,2-3H3/t11-,12+,13+,14+,15-,18-,19-,20-,21+/m0/s1. The predicted molar refractivity (Wildman–Crippen MR) is 97.0 cm³/mol. The number of ether oxygens (including phenoxy) is 3. The summed E-state index contributed by atoms with van der Waals surface area (Å²) in [4.78, 5) is 26.3. The third kappa shape index (κ3) is 1.99. The minimum atomic E-state index is -1.43. The van der Waals surface area contributed by atoms with E-state index in [0.717, 1.165) is 0 Å². The second-order valence-corrected chi connectivity index (χ2v) is 9.98. The fraction of sp³-hybridized carbons (Fsp3) is 0.810. The summed E-state index contributed by atoms with van der Waals surface area (Å²) in [6.07, 6.45) is -0.600. The maximum absolute atomic E-state index is 13.3. The molecule has 1 saturated heterocycles. The molecule has 8 nitrogen and oxygen atoms in total. The molecular weight excluding hydrogens is 380 g/mol. The molecule has 0 aromatic heterocycles. The summed E-state index contributed by atoms with van der Waals surface area (Å²) in [5, 5.41) is 32.6. The van der Waals surface area contributed by atoms with E-state index in [2.05, 4.69) is 6.58 Å². The van der Waals surface area contributed by atoms with Crippen LogP contribution in [0.5, 0.6) is 0 Å². The van der Waals surface area contributed by atoms with Gasteiger partial charge in [-0.25, -0.2) is 0 Å². The fourth-order valence-corrected chi connectivity index (χ4v) is 7.90. The Morgan fingerprint density at radius 2 is 2.10 bits per heavy atom. The van der Waals surface area contributed by atoms with Crippen molar-refractivity contribution in [2.45, 2.75) is 62.4 Å². The van der Waals surface area contributed by atoms with Gasteiger partial charge in [0, 0.05) is 25.4 Å². The second-order valence-electron chi connectivity index (χ2n) is 9.98. The summed E-state index contributed by atoms with van der Waals surface area (Å²) in [5.74, 6) is -2.75.